The number of rotatable bonds is 2. The predicted octanol–water partition coefficient (Wildman–Crippen LogP) is 5.09. The summed E-state index contributed by atoms with van der Waals surface area (Å²) in [5.74, 6) is 1.52. The zero-order valence-electron chi connectivity index (χ0n) is 16.1. The molecular formula is C21H29IN4O. The van der Waals surface area contributed by atoms with Crippen LogP contribution in [-0.4, -0.2) is 44.6 Å². The molecule has 5 nitrogen and oxygen atoms in total. The number of carbonyl (C=O) groups excluding carboxylic acids is 1. The lowest BCUT2D eigenvalue weighted by Crippen LogP contribution is -2.47. The average Bonchev–Trinajstić information content (AvgIpc) is 3.09. The number of hydrogen-bond acceptors (Lipinski definition) is 3. The largest absolute Gasteiger partial charge is 0.366 e. The molecule has 0 bridgehead atoms. The second-order valence-electron chi connectivity index (χ2n) is 8.21. The third-order valence-electron chi connectivity index (χ3n) is 6.36. The Hall–Kier alpha value is -1.31. The Morgan fingerprint density at radius 3 is 2.67 bits per heavy atom. The second-order valence-corrected chi connectivity index (χ2v) is 9.13. The highest BCUT2D eigenvalue weighted by molar-refractivity contribution is 14.1. The Bertz CT molecular complexity index is 797. The van der Waals surface area contributed by atoms with Crippen LogP contribution in [0, 0.1) is 5.92 Å². The SMILES string of the molecule is CC1CCCCC(c2cc3c(N4CCN(C(=O)I)CC4)ccnn3c2)CC1. The van der Waals surface area contributed by atoms with Crippen LogP contribution in [0.2, 0.25) is 0 Å². The highest BCUT2D eigenvalue weighted by Gasteiger charge is 2.23. The van der Waals surface area contributed by atoms with E-state index < -0.39 is 0 Å². The Morgan fingerprint density at radius 1 is 1.11 bits per heavy atom. The summed E-state index contributed by atoms with van der Waals surface area (Å²) in [6.45, 7) is 5.76. The standard InChI is InChI=1S/C21H29IN4O/c1-16-4-2-3-5-17(7-6-16)18-14-20-19(8-9-23-26(20)15-18)24-10-12-25(13-11-24)21(22)27/h8-9,14-17H,2-7,10-13H2,1H3. The van der Waals surface area contributed by atoms with Crippen molar-refractivity contribution in [3.63, 3.8) is 0 Å². The Morgan fingerprint density at radius 2 is 1.89 bits per heavy atom. The molecule has 2 aliphatic rings. The lowest BCUT2D eigenvalue weighted by Gasteiger charge is -2.35. The first-order chi connectivity index (χ1) is 13.1. The number of halogens is 1. The second kappa shape index (κ2) is 8.37. The summed E-state index contributed by atoms with van der Waals surface area (Å²) in [7, 11) is 0. The maximum atomic E-state index is 11.6. The monoisotopic (exact) mass is 480 g/mol. The molecule has 4 rings (SSSR count). The van der Waals surface area contributed by atoms with Crippen LogP contribution in [0.1, 0.15) is 56.9 Å². The molecule has 1 amide bonds. The van der Waals surface area contributed by atoms with Gasteiger partial charge in [-0.05, 0) is 42.4 Å². The maximum Gasteiger partial charge on any atom is 0.283 e. The van der Waals surface area contributed by atoms with Gasteiger partial charge in [0.25, 0.3) is 3.91 Å². The third-order valence-corrected chi connectivity index (χ3v) is 7.04. The quantitative estimate of drug-likeness (QED) is 0.342. The van der Waals surface area contributed by atoms with Crippen LogP contribution >= 0.6 is 22.6 Å². The summed E-state index contributed by atoms with van der Waals surface area (Å²) >= 11 is 1.89. The fraction of sp³-hybridized carbons (Fsp3) is 0.619. The normalized spacial score (nSPS) is 24.7. The van der Waals surface area contributed by atoms with Gasteiger partial charge < -0.3 is 9.80 Å². The number of hydrogen-bond donors (Lipinski definition) is 0. The minimum absolute atomic E-state index is 0.149. The summed E-state index contributed by atoms with van der Waals surface area (Å²) in [4.78, 5) is 15.9. The van der Waals surface area contributed by atoms with E-state index in [1.807, 2.05) is 33.7 Å². The molecule has 6 heteroatoms. The van der Waals surface area contributed by atoms with Crippen molar-refractivity contribution in [1.29, 1.82) is 0 Å². The molecule has 2 atom stereocenters. The van der Waals surface area contributed by atoms with Gasteiger partial charge in [0.05, 0.1) is 11.2 Å². The highest BCUT2D eigenvalue weighted by Crippen LogP contribution is 2.35. The van der Waals surface area contributed by atoms with Gasteiger partial charge in [-0.15, -0.1) is 0 Å². The number of carbonyl (C=O) groups is 1. The van der Waals surface area contributed by atoms with Gasteiger partial charge in [-0.2, -0.15) is 5.10 Å². The van der Waals surface area contributed by atoms with Gasteiger partial charge in [-0.3, -0.25) is 4.79 Å². The fourth-order valence-corrected chi connectivity index (χ4v) is 5.11. The van der Waals surface area contributed by atoms with E-state index in [1.54, 1.807) is 0 Å². The van der Waals surface area contributed by atoms with Gasteiger partial charge >= 0.3 is 0 Å². The van der Waals surface area contributed by atoms with E-state index in [4.69, 9.17) is 0 Å². The van der Waals surface area contributed by atoms with Crippen molar-refractivity contribution in [2.24, 2.45) is 5.92 Å². The number of anilines is 1. The molecule has 2 unspecified atom stereocenters. The Labute approximate surface area is 175 Å². The molecule has 1 saturated carbocycles. The van der Waals surface area contributed by atoms with Crippen molar-refractivity contribution in [2.75, 3.05) is 31.1 Å². The molecule has 3 heterocycles. The van der Waals surface area contributed by atoms with Crippen LogP contribution in [0.15, 0.2) is 24.5 Å². The first kappa shape index (κ1) is 19.0. The molecule has 1 aliphatic heterocycles. The van der Waals surface area contributed by atoms with Gasteiger partial charge in [-0.25, -0.2) is 4.52 Å². The molecule has 2 fully saturated rings. The topological polar surface area (TPSA) is 40.8 Å². The number of fused-ring (bicyclic) bond motifs is 1. The molecule has 2 aromatic rings. The lowest BCUT2D eigenvalue weighted by atomic mass is 9.83. The van der Waals surface area contributed by atoms with Gasteiger partial charge in [0.1, 0.15) is 0 Å². The minimum Gasteiger partial charge on any atom is -0.366 e. The van der Waals surface area contributed by atoms with E-state index in [0.29, 0.717) is 5.92 Å². The van der Waals surface area contributed by atoms with Crippen LogP contribution in [-0.2, 0) is 0 Å². The number of nitrogens with zero attached hydrogens (tertiary/aromatic N) is 4. The molecule has 1 saturated heterocycles. The molecular weight excluding hydrogens is 451 g/mol. The van der Waals surface area contributed by atoms with Crippen LogP contribution in [0.25, 0.3) is 5.52 Å². The zero-order chi connectivity index (χ0) is 18.8. The molecule has 2 aromatic heterocycles. The average molecular weight is 480 g/mol. The molecule has 0 spiro atoms. The highest BCUT2D eigenvalue weighted by atomic mass is 127. The zero-order valence-corrected chi connectivity index (χ0v) is 18.3. The van der Waals surface area contributed by atoms with E-state index in [2.05, 4.69) is 39.8 Å². The van der Waals surface area contributed by atoms with Crippen LogP contribution in [0.5, 0.6) is 0 Å². The van der Waals surface area contributed by atoms with E-state index >= 15 is 0 Å². The minimum atomic E-state index is 0.149. The van der Waals surface area contributed by atoms with Crippen LogP contribution in [0.4, 0.5) is 10.5 Å². The van der Waals surface area contributed by atoms with E-state index in [1.165, 1.54) is 55.3 Å². The molecule has 146 valence electrons. The van der Waals surface area contributed by atoms with Gasteiger partial charge in [0, 0.05) is 61.2 Å². The maximum absolute atomic E-state index is 11.6. The summed E-state index contributed by atoms with van der Waals surface area (Å²) < 4.78 is 2.21. The van der Waals surface area contributed by atoms with E-state index in [0.717, 1.165) is 32.1 Å². The van der Waals surface area contributed by atoms with Crippen molar-refractivity contribution in [3.8, 4) is 0 Å². The number of amides is 1. The first-order valence-electron chi connectivity index (χ1n) is 10.3. The van der Waals surface area contributed by atoms with Crippen LogP contribution < -0.4 is 4.90 Å². The van der Waals surface area contributed by atoms with Crippen molar-refractivity contribution in [1.82, 2.24) is 14.5 Å². The fourth-order valence-electron chi connectivity index (χ4n) is 4.63. The van der Waals surface area contributed by atoms with Crippen molar-refractivity contribution in [2.45, 2.75) is 51.4 Å². The van der Waals surface area contributed by atoms with E-state index in [9.17, 15) is 4.79 Å². The molecule has 0 N–H and O–H groups in total. The Balaban J connectivity index is 1.56. The van der Waals surface area contributed by atoms with Crippen molar-refractivity contribution >= 4 is 37.7 Å². The molecule has 1 aliphatic carbocycles. The summed E-state index contributed by atoms with van der Waals surface area (Å²) in [5, 5.41) is 4.58. The van der Waals surface area contributed by atoms with E-state index in [-0.39, 0.29) is 3.91 Å². The smallest absolute Gasteiger partial charge is 0.283 e. The predicted molar refractivity (Wildman–Crippen MR) is 118 cm³/mol. The first-order valence-corrected chi connectivity index (χ1v) is 11.4. The van der Waals surface area contributed by atoms with Gasteiger partial charge in [-0.1, -0.05) is 32.6 Å². The third kappa shape index (κ3) is 4.25. The van der Waals surface area contributed by atoms with Crippen molar-refractivity contribution in [3.05, 3.63) is 30.1 Å². The molecule has 0 aromatic carbocycles. The van der Waals surface area contributed by atoms with Gasteiger partial charge in [0.15, 0.2) is 0 Å². The number of aromatic nitrogens is 2. The van der Waals surface area contributed by atoms with Crippen LogP contribution in [0.3, 0.4) is 0 Å². The summed E-state index contributed by atoms with van der Waals surface area (Å²) in [5.41, 5.74) is 3.90. The van der Waals surface area contributed by atoms with Gasteiger partial charge in [0.2, 0.25) is 0 Å². The summed E-state index contributed by atoms with van der Waals surface area (Å²) in [6.07, 6.45) is 12.2. The molecule has 27 heavy (non-hydrogen) atoms. The number of piperazine rings is 1. The Kier molecular flexibility index (Phi) is 5.90. The molecule has 0 radical (unpaired) electrons. The van der Waals surface area contributed by atoms with Crippen molar-refractivity contribution < 1.29 is 4.79 Å². The summed E-state index contributed by atoms with van der Waals surface area (Å²) in [6, 6.07) is 4.50. The lowest BCUT2D eigenvalue weighted by molar-refractivity contribution is 0.222.